The molecule has 0 fully saturated rings. The molecule has 0 aliphatic heterocycles. The van der Waals surface area contributed by atoms with Gasteiger partial charge in [0.25, 0.3) is 5.56 Å². The molecule has 0 saturated carbocycles. The average molecular weight is 419 g/mol. The minimum absolute atomic E-state index is 0.00254. The number of amides is 1. The third kappa shape index (κ3) is 4.70. The maximum absolute atomic E-state index is 12.6. The minimum Gasteiger partial charge on any atom is -0.497 e. The third-order valence-electron chi connectivity index (χ3n) is 3.79. The molecule has 8 nitrogen and oxygen atoms in total. The number of rotatable bonds is 8. The normalized spacial score (nSPS) is 10.8. The fraction of sp³-hybridized carbons (Fsp3) is 0.222. The SMILES string of the molecule is COc1ccc(NC(=O)CSc2nc3ccsc3c(=O)n2CCC(=O)O)cc1. The van der Waals surface area contributed by atoms with Crippen LogP contribution in [0.2, 0.25) is 0 Å². The number of hydrogen-bond donors (Lipinski definition) is 2. The van der Waals surface area contributed by atoms with E-state index in [2.05, 4.69) is 10.3 Å². The summed E-state index contributed by atoms with van der Waals surface area (Å²) >= 11 is 2.35. The van der Waals surface area contributed by atoms with Gasteiger partial charge < -0.3 is 15.2 Å². The molecule has 0 saturated heterocycles. The summed E-state index contributed by atoms with van der Waals surface area (Å²) in [6.07, 6.45) is -0.204. The molecule has 3 rings (SSSR count). The predicted molar refractivity (Wildman–Crippen MR) is 108 cm³/mol. The van der Waals surface area contributed by atoms with Gasteiger partial charge in [0.05, 0.1) is 24.8 Å². The first-order valence-electron chi connectivity index (χ1n) is 8.24. The Labute approximate surface area is 168 Å². The number of aromatic nitrogens is 2. The fourth-order valence-corrected chi connectivity index (χ4v) is 4.04. The molecule has 0 unspecified atom stereocenters. The van der Waals surface area contributed by atoms with Crippen LogP contribution in [0, 0.1) is 0 Å². The first-order valence-corrected chi connectivity index (χ1v) is 10.1. The van der Waals surface area contributed by atoms with Crippen LogP contribution in [0.1, 0.15) is 6.42 Å². The summed E-state index contributed by atoms with van der Waals surface area (Å²) in [5, 5.41) is 13.8. The number of carbonyl (C=O) groups is 2. The van der Waals surface area contributed by atoms with Crippen molar-refractivity contribution in [2.75, 3.05) is 18.2 Å². The molecule has 10 heteroatoms. The summed E-state index contributed by atoms with van der Waals surface area (Å²) in [5.74, 6) is -0.560. The summed E-state index contributed by atoms with van der Waals surface area (Å²) in [7, 11) is 1.56. The topological polar surface area (TPSA) is 111 Å². The summed E-state index contributed by atoms with van der Waals surface area (Å²) in [5.41, 5.74) is 0.870. The maximum atomic E-state index is 12.6. The Morgan fingerprint density at radius 3 is 2.71 bits per heavy atom. The lowest BCUT2D eigenvalue weighted by Crippen LogP contribution is -2.24. The Kier molecular flexibility index (Phi) is 6.32. The lowest BCUT2D eigenvalue weighted by molar-refractivity contribution is -0.137. The number of fused-ring (bicyclic) bond motifs is 1. The number of aliphatic carboxylic acids is 1. The van der Waals surface area contributed by atoms with Crippen molar-refractivity contribution in [1.29, 1.82) is 0 Å². The van der Waals surface area contributed by atoms with E-state index in [1.54, 1.807) is 42.8 Å². The summed E-state index contributed by atoms with van der Waals surface area (Å²) in [6, 6.07) is 8.64. The first kappa shape index (κ1) is 19.9. The van der Waals surface area contributed by atoms with Crippen LogP contribution >= 0.6 is 23.1 Å². The van der Waals surface area contributed by atoms with E-state index in [1.165, 1.54) is 15.9 Å². The van der Waals surface area contributed by atoms with Crippen molar-refractivity contribution in [3.05, 3.63) is 46.1 Å². The van der Waals surface area contributed by atoms with Crippen LogP contribution < -0.4 is 15.6 Å². The lowest BCUT2D eigenvalue weighted by atomic mass is 10.3. The molecule has 0 bridgehead atoms. The Bertz CT molecular complexity index is 1060. The number of ether oxygens (including phenoxy) is 1. The van der Waals surface area contributed by atoms with Gasteiger partial charge in [-0.3, -0.25) is 19.0 Å². The number of benzene rings is 1. The van der Waals surface area contributed by atoms with Crippen molar-refractivity contribution < 1.29 is 19.4 Å². The van der Waals surface area contributed by atoms with Gasteiger partial charge in [-0.1, -0.05) is 11.8 Å². The van der Waals surface area contributed by atoms with Crippen molar-refractivity contribution in [1.82, 2.24) is 9.55 Å². The number of thiophene rings is 1. The number of carboxylic acids is 1. The minimum atomic E-state index is -1.01. The maximum Gasteiger partial charge on any atom is 0.305 e. The fourth-order valence-electron chi connectivity index (χ4n) is 2.44. The Morgan fingerprint density at radius 2 is 2.04 bits per heavy atom. The van der Waals surface area contributed by atoms with Crippen molar-refractivity contribution in [3.63, 3.8) is 0 Å². The van der Waals surface area contributed by atoms with Gasteiger partial charge in [-0.2, -0.15) is 0 Å². The van der Waals surface area contributed by atoms with Crippen LogP contribution in [0.5, 0.6) is 5.75 Å². The third-order valence-corrected chi connectivity index (χ3v) is 5.65. The number of carbonyl (C=O) groups excluding carboxylic acids is 1. The second-order valence-corrected chi connectivity index (χ2v) is 7.55. The molecule has 0 atom stereocenters. The van der Waals surface area contributed by atoms with E-state index < -0.39 is 5.97 Å². The Hall–Kier alpha value is -2.85. The highest BCUT2D eigenvalue weighted by atomic mass is 32.2. The van der Waals surface area contributed by atoms with Crippen LogP contribution in [0.4, 0.5) is 5.69 Å². The second-order valence-electron chi connectivity index (χ2n) is 5.70. The molecule has 0 aliphatic rings. The van der Waals surface area contributed by atoms with E-state index >= 15 is 0 Å². The van der Waals surface area contributed by atoms with Gasteiger partial charge in [0.15, 0.2) is 5.16 Å². The van der Waals surface area contributed by atoms with Crippen molar-refractivity contribution in [2.45, 2.75) is 18.1 Å². The van der Waals surface area contributed by atoms with Crippen LogP contribution in [0.3, 0.4) is 0 Å². The molecule has 0 aliphatic carbocycles. The zero-order valence-electron chi connectivity index (χ0n) is 14.9. The van der Waals surface area contributed by atoms with Crippen molar-refractivity contribution >= 4 is 50.9 Å². The smallest absolute Gasteiger partial charge is 0.305 e. The van der Waals surface area contributed by atoms with Crippen LogP contribution in [-0.2, 0) is 16.1 Å². The quantitative estimate of drug-likeness (QED) is 0.427. The number of nitrogens with one attached hydrogen (secondary N) is 1. The highest BCUT2D eigenvalue weighted by Crippen LogP contribution is 2.22. The molecular weight excluding hydrogens is 402 g/mol. The number of anilines is 1. The van der Waals surface area contributed by atoms with E-state index in [1.807, 2.05) is 0 Å². The van der Waals surface area contributed by atoms with Gasteiger partial charge in [-0.15, -0.1) is 11.3 Å². The van der Waals surface area contributed by atoms with Gasteiger partial charge >= 0.3 is 5.97 Å². The van der Waals surface area contributed by atoms with Gasteiger partial charge in [-0.25, -0.2) is 4.98 Å². The highest BCUT2D eigenvalue weighted by molar-refractivity contribution is 7.99. The summed E-state index contributed by atoms with van der Waals surface area (Å²) in [4.78, 5) is 40.2. The molecule has 2 heterocycles. The molecule has 1 aromatic carbocycles. The molecule has 0 spiro atoms. The highest BCUT2D eigenvalue weighted by Gasteiger charge is 2.15. The number of hydrogen-bond acceptors (Lipinski definition) is 7. The van der Waals surface area contributed by atoms with E-state index in [0.29, 0.717) is 26.8 Å². The zero-order chi connectivity index (χ0) is 20.1. The predicted octanol–water partition coefficient (Wildman–Crippen LogP) is 2.67. The molecule has 28 heavy (non-hydrogen) atoms. The van der Waals surface area contributed by atoms with E-state index in [4.69, 9.17) is 9.84 Å². The van der Waals surface area contributed by atoms with Crippen LogP contribution in [-0.4, -0.2) is 39.4 Å². The molecule has 146 valence electrons. The molecule has 2 aromatic heterocycles. The number of methoxy groups -OCH3 is 1. The number of nitrogens with zero attached hydrogens (tertiary/aromatic N) is 2. The zero-order valence-corrected chi connectivity index (χ0v) is 16.5. The van der Waals surface area contributed by atoms with Crippen molar-refractivity contribution in [3.8, 4) is 5.75 Å². The number of carboxylic acid groups (broad SMARTS) is 1. The Morgan fingerprint density at radius 1 is 1.29 bits per heavy atom. The monoisotopic (exact) mass is 419 g/mol. The molecule has 1 amide bonds. The summed E-state index contributed by atoms with van der Waals surface area (Å²) in [6.45, 7) is -0.00254. The second kappa shape index (κ2) is 8.89. The van der Waals surface area contributed by atoms with E-state index in [-0.39, 0.29) is 30.2 Å². The largest absolute Gasteiger partial charge is 0.497 e. The van der Waals surface area contributed by atoms with Crippen molar-refractivity contribution in [2.24, 2.45) is 0 Å². The van der Waals surface area contributed by atoms with Crippen LogP contribution in [0.15, 0.2) is 45.7 Å². The molecule has 3 aromatic rings. The van der Waals surface area contributed by atoms with E-state index in [9.17, 15) is 14.4 Å². The van der Waals surface area contributed by atoms with Gasteiger partial charge in [-0.05, 0) is 35.7 Å². The average Bonchev–Trinajstić information content (AvgIpc) is 3.15. The number of thioether (sulfide) groups is 1. The van der Waals surface area contributed by atoms with Gasteiger partial charge in [0.2, 0.25) is 5.91 Å². The molecular formula is C18H17N3O5S2. The lowest BCUT2D eigenvalue weighted by Gasteiger charge is -2.11. The van der Waals surface area contributed by atoms with Gasteiger partial charge in [0, 0.05) is 12.2 Å². The molecule has 0 radical (unpaired) electrons. The molecule has 2 N–H and O–H groups in total. The standard InChI is InChI=1S/C18H17N3O5S2/c1-26-12-4-2-11(3-5-12)19-14(22)10-28-18-20-13-7-9-27-16(13)17(25)21(18)8-6-15(23)24/h2-5,7,9H,6,8,10H2,1H3,(H,19,22)(H,23,24). The van der Waals surface area contributed by atoms with Crippen LogP contribution in [0.25, 0.3) is 10.2 Å². The van der Waals surface area contributed by atoms with E-state index in [0.717, 1.165) is 11.8 Å². The first-order chi connectivity index (χ1) is 13.5. The van der Waals surface area contributed by atoms with Gasteiger partial charge in [0.1, 0.15) is 10.4 Å². The summed E-state index contributed by atoms with van der Waals surface area (Å²) < 4.78 is 6.86. The Balaban J connectivity index is 1.74.